The SMILES string of the molecule is CCc1nc(-c2cccc(NC(=O)c3ccccc3Br)c2)no1. The molecule has 3 rings (SSSR count). The van der Waals surface area contributed by atoms with Gasteiger partial charge in [-0.15, -0.1) is 0 Å². The van der Waals surface area contributed by atoms with E-state index in [1.807, 2.05) is 49.4 Å². The Labute approximate surface area is 141 Å². The molecule has 0 aliphatic carbocycles. The van der Waals surface area contributed by atoms with Crippen LogP contribution in [0.5, 0.6) is 0 Å². The Morgan fingerprint density at radius 2 is 2.04 bits per heavy atom. The van der Waals surface area contributed by atoms with E-state index in [1.54, 1.807) is 6.07 Å². The van der Waals surface area contributed by atoms with Gasteiger partial charge in [-0.2, -0.15) is 4.98 Å². The highest BCUT2D eigenvalue weighted by atomic mass is 79.9. The van der Waals surface area contributed by atoms with Crippen LogP contribution in [0.15, 0.2) is 57.5 Å². The predicted octanol–water partition coefficient (Wildman–Crippen LogP) is 4.31. The van der Waals surface area contributed by atoms with Crippen molar-refractivity contribution in [2.24, 2.45) is 0 Å². The number of anilines is 1. The van der Waals surface area contributed by atoms with Gasteiger partial charge >= 0.3 is 0 Å². The van der Waals surface area contributed by atoms with Crippen molar-refractivity contribution in [3.63, 3.8) is 0 Å². The largest absolute Gasteiger partial charge is 0.339 e. The molecule has 0 spiro atoms. The Morgan fingerprint density at radius 1 is 1.22 bits per heavy atom. The fourth-order valence-electron chi connectivity index (χ4n) is 2.10. The van der Waals surface area contributed by atoms with E-state index in [0.717, 1.165) is 10.0 Å². The number of aryl methyl sites for hydroxylation is 1. The van der Waals surface area contributed by atoms with Gasteiger partial charge in [0.1, 0.15) is 0 Å². The fourth-order valence-corrected chi connectivity index (χ4v) is 2.56. The van der Waals surface area contributed by atoms with Crippen molar-refractivity contribution < 1.29 is 9.32 Å². The minimum Gasteiger partial charge on any atom is -0.339 e. The van der Waals surface area contributed by atoms with E-state index in [1.165, 1.54) is 0 Å². The van der Waals surface area contributed by atoms with E-state index in [0.29, 0.717) is 29.4 Å². The highest BCUT2D eigenvalue weighted by Gasteiger charge is 2.11. The molecule has 1 aromatic heterocycles. The molecular weight excluding hydrogens is 358 g/mol. The van der Waals surface area contributed by atoms with Crippen molar-refractivity contribution in [1.82, 2.24) is 10.1 Å². The Balaban J connectivity index is 1.83. The van der Waals surface area contributed by atoms with Gasteiger partial charge < -0.3 is 9.84 Å². The van der Waals surface area contributed by atoms with E-state index in [4.69, 9.17) is 4.52 Å². The lowest BCUT2D eigenvalue weighted by Crippen LogP contribution is -2.12. The van der Waals surface area contributed by atoms with E-state index < -0.39 is 0 Å². The van der Waals surface area contributed by atoms with E-state index >= 15 is 0 Å². The normalized spacial score (nSPS) is 10.5. The van der Waals surface area contributed by atoms with Gasteiger partial charge in [-0.05, 0) is 40.2 Å². The molecule has 2 aromatic carbocycles. The Kier molecular flexibility index (Phi) is 4.52. The lowest BCUT2D eigenvalue weighted by Gasteiger charge is -2.07. The second-order valence-corrected chi connectivity index (χ2v) is 5.73. The summed E-state index contributed by atoms with van der Waals surface area (Å²) in [6, 6.07) is 14.6. The van der Waals surface area contributed by atoms with Gasteiger partial charge in [-0.3, -0.25) is 4.79 Å². The van der Waals surface area contributed by atoms with Crippen LogP contribution in [-0.2, 0) is 6.42 Å². The molecule has 0 saturated carbocycles. The number of hydrogen-bond acceptors (Lipinski definition) is 4. The molecule has 0 atom stereocenters. The molecule has 116 valence electrons. The zero-order valence-electron chi connectivity index (χ0n) is 12.4. The highest BCUT2D eigenvalue weighted by Crippen LogP contribution is 2.22. The second-order valence-electron chi connectivity index (χ2n) is 4.88. The maximum atomic E-state index is 12.3. The van der Waals surface area contributed by atoms with Crippen LogP contribution in [0.4, 0.5) is 5.69 Å². The highest BCUT2D eigenvalue weighted by molar-refractivity contribution is 9.10. The van der Waals surface area contributed by atoms with Gasteiger partial charge in [0.05, 0.1) is 5.56 Å². The number of hydrogen-bond donors (Lipinski definition) is 1. The van der Waals surface area contributed by atoms with E-state index in [-0.39, 0.29) is 5.91 Å². The Morgan fingerprint density at radius 3 is 2.78 bits per heavy atom. The van der Waals surface area contributed by atoms with Gasteiger partial charge in [-0.1, -0.05) is 36.3 Å². The van der Waals surface area contributed by atoms with Gasteiger partial charge in [0.15, 0.2) is 0 Å². The number of carbonyl (C=O) groups is 1. The summed E-state index contributed by atoms with van der Waals surface area (Å²) >= 11 is 3.38. The zero-order chi connectivity index (χ0) is 16.2. The van der Waals surface area contributed by atoms with Crippen molar-refractivity contribution >= 4 is 27.5 Å². The number of nitrogens with zero attached hydrogens (tertiary/aromatic N) is 2. The van der Waals surface area contributed by atoms with Crippen molar-refractivity contribution in [2.45, 2.75) is 13.3 Å². The van der Waals surface area contributed by atoms with E-state index in [9.17, 15) is 4.79 Å². The molecule has 0 aliphatic heterocycles. The van der Waals surface area contributed by atoms with Crippen LogP contribution in [0.2, 0.25) is 0 Å². The second kappa shape index (κ2) is 6.75. The van der Waals surface area contributed by atoms with Crippen LogP contribution >= 0.6 is 15.9 Å². The molecule has 1 amide bonds. The molecule has 3 aromatic rings. The molecular formula is C17H14BrN3O2. The third-order valence-electron chi connectivity index (χ3n) is 3.27. The zero-order valence-corrected chi connectivity index (χ0v) is 14.0. The third-order valence-corrected chi connectivity index (χ3v) is 3.96. The number of rotatable bonds is 4. The first-order chi connectivity index (χ1) is 11.2. The van der Waals surface area contributed by atoms with Gasteiger partial charge in [0, 0.05) is 22.1 Å². The summed E-state index contributed by atoms with van der Waals surface area (Å²) in [5.41, 5.74) is 2.04. The fraction of sp³-hybridized carbons (Fsp3) is 0.118. The minimum atomic E-state index is -0.183. The first-order valence-electron chi connectivity index (χ1n) is 7.16. The molecule has 1 heterocycles. The summed E-state index contributed by atoms with van der Waals surface area (Å²) in [7, 11) is 0. The van der Waals surface area contributed by atoms with Crippen molar-refractivity contribution in [1.29, 1.82) is 0 Å². The number of amides is 1. The van der Waals surface area contributed by atoms with Gasteiger partial charge in [-0.25, -0.2) is 0 Å². The standard InChI is InChI=1S/C17H14BrN3O2/c1-2-15-20-16(21-23-15)11-6-5-7-12(10-11)19-17(22)13-8-3-4-9-14(13)18/h3-10H,2H2,1H3,(H,19,22). The molecule has 5 nitrogen and oxygen atoms in total. The molecule has 0 bridgehead atoms. The average molecular weight is 372 g/mol. The molecule has 0 aliphatic rings. The maximum absolute atomic E-state index is 12.3. The summed E-state index contributed by atoms with van der Waals surface area (Å²) in [6.45, 7) is 1.95. The molecule has 0 radical (unpaired) electrons. The molecule has 6 heteroatoms. The number of halogens is 1. The van der Waals surface area contributed by atoms with Crippen LogP contribution in [0.3, 0.4) is 0 Å². The van der Waals surface area contributed by atoms with Crippen molar-refractivity contribution in [2.75, 3.05) is 5.32 Å². The monoisotopic (exact) mass is 371 g/mol. The lowest BCUT2D eigenvalue weighted by atomic mass is 10.1. The lowest BCUT2D eigenvalue weighted by molar-refractivity contribution is 0.102. The number of nitrogens with one attached hydrogen (secondary N) is 1. The molecule has 0 saturated heterocycles. The average Bonchev–Trinajstić information content (AvgIpc) is 3.04. The summed E-state index contributed by atoms with van der Waals surface area (Å²) in [4.78, 5) is 16.6. The Bertz CT molecular complexity index is 845. The quantitative estimate of drug-likeness (QED) is 0.741. The number of aromatic nitrogens is 2. The van der Waals surface area contributed by atoms with Crippen LogP contribution < -0.4 is 5.32 Å². The number of carbonyl (C=O) groups excluding carboxylic acids is 1. The van der Waals surface area contributed by atoms with Crippen LogP contribution in [0, 0.1) is 0 Å². The molecule has 23 heavy (non-hydrogen) atoms. The van der Waals surface area contributed by atoms with E-state index in [2.05, 4.69) is 31.4 Å². The molecule has 0 unspecified atom stereocenters. The molecule has 1 N–H and O–H groups in total. The summed E-state index contributed by atoms with van der Waals surface area (Å²) < 4.78 is 5.87. The summed E-state index contributed by atoms with van der Waals surface area (Å²) in [6.07, 6.45) is 0.686. The van der Waals surface area contributed by atoms with Crippen molar-refractivity contribution in [3.8, 4) is 11.4 Å². The predicted molar refractivity (Wildman–Crippen MR) is 91.2 cm³/mol. The maximum Gasteiger partial charge on any atom is 0.256 e. The van der Waals surface area contributed by atoms with Crippen molar-refractivity contribution in [3.05, 3.63) is 64.5 Å². The van der Waals surface area contributed by atoms with Gasteiger partial charge in [0.2, 0.25) is 11.7 Å². The summed E-state index contributed by atoms with van der Waals surface area (Å²) in [5, 5.41) is 6.82. The van der Waals surface area contributed by atoms with Crippen LogP contribution in [-0.4, -0.2) is 16.0 Å². The Hall–Kier alpha value is -2.47. The minimum absolute atomic E-state index is 0.183. The van der Waals surface area contributed by atoms with Crippen LogP contribution in [0.25, 0.3) is 11.4 Å². The smallest absolute Gasteiger partial charge is 0.256 e. The first-order valence-corrected chi connectivity index (χ1v) is 7.95. The van der Waals surface area contributed by atoms with Gasteiger partial charge in [0.25, 0.3) is 5.91 Å². The van der Waals surface area contributed by atoms with Crippen LogP contribution in [0.1, 0.15) is 23.2 Å². The first kappa shape index (κ1) is 15.4. The third kappa shape index (κ3) is 3.48. The summed E-state index contributed by atoms with van der Waals surface area (Å²) in [5.74, 6) is 0.915. The number of benzene rings is 2. The topological polar surface area (TPSA) is 68.0 Å². The molecule has 0 fully saturated rings.